The van der Waals surface area contributed by atoms with E-state index in [4.69, 9.17) is 0 Å². The number of halogens is 3. The molecular formula is C11H14F3NO3S. The van der Waals surface area contributed by atoms with E-state index >= 15 is 0 Å². The molecular weight excluding hydrogens is 283 g/mol. The van der Waals surface area contributed by atoms with Crippen LogP contribution in [0.2, 0.25) is 0 Å². The molecule has 0 spiro atoms. The van der Waals surface area contributed by atoms with Gasteiger partial charge in [0.05, 0.1) is 10.6 Å². The number of rotatable bonds is 5. The number of hydrogen-bond acceptors (Lipinski definition) is 4. The molecule has 0 aromatic heterocycles. The Bertz CT molecular complexity index is 541. The first-order valence-electron chi connectivity index (χ1n) is 5.41. The predicted octanol–water partition coefficient (Wildman–Crippen LogP) is 2.46. The van der Waals surface area contributed by atoms with Crippen LogP contribution in [0.1, 0.15) is 6.92 Å². The Morgan fingerprint density at radius 3 is 2.42 bits per heavy atom. The van der Waals surface area contributed by atoms with Crippen molar-refractivity contribution < 1.29 is 26.3 Å². The highest BCUT2D eigenvalue weighted by Gasteiger charge is 2.29. The minimum Gasteiger partial charge on any atom is -0.482 e. The lowest BCUT2D eigenvalue weighted by atomic mass is 10.3. The first kappa shape index (κ1) is 15.6. The molecule has 0 aliphatic carbocycles. The molecule has 0 heterocycles. The molecule has 4 nitrogen and oxygen atoms in total. The summed E-state index contributed by atoms with van der Waals surface area (Å²) in [5.74, 6) is -0.137. The van der Waals surface area contributed by atoms with Gasteiger partial charge < -0.3 is 10.1 Å². The standard InChI is InChI=1S/C11H14F3NO3S/c1-3-15-9-5-4-8(19(2,16)17)6-10(9)18-7-11(12,13)14/h4-6,15H,3,7H2,1-2H3. The van der Waals surface area contributed by atoms with Gasteiger partial charge in [-0.05, 0) is 19.1 Å². The summed E-state index contributed by atoms with van der Waals surface area (Å²) in [6, 6.07) is 3.78. The smallest absolute Gasteiger partial charge is 0.422 e. The number of nitrogens with one attached hydrogen (secondary N) is 1. The molecule has 1 aromatic carbocycles. The summed E-state index contributed by atoms with van der Waals surface area (Å²) >= 11 is 0. The van der Waals surface area contributed by atoms with Gasteiger partial charge in [0.2, 0.25) is 0 Å². The molecule has 0 aliphatic rings. The molecule has 0 radical (unpaired) electrons. The lowest BCUT2D eigenvalue weighted by molar-refractivity contribution is -0.153. The summed E-state index contributed by atoms with van der Waals surface area (Å²) in [7, 11) is -3.50. The molecule has 1 N–H and O–H groups in total. The molecule has 0 aliphatic heterocycles. The maximum absolute atomic E-state index is 12.1. The largest absolute Gasteiger partial charge is 0.482 e. The second kappa shape index (κ2) is 5.68. The van der Waals surface area contributed by atoms with Gasteiger partial charge in [-0.2, -0.15) is 13.2 Å². The Hall–Kier alpha value is -1.44. The van der Waals surface area contributed by atoms with Crippen molar-refractivity contribution in [1.29, 1.82) is 0 Å². The average molecular weight is 297 g/mol. The number of hydrogen-bond donors (Lipinski definition) is 1. The fraction of sp³-hybridized carbons (Fsp3) is 0.455. The lowest BCUT2D eigenvalue weighted by Crippen LogP contribution is -2.20. The van der Waals surface area contributed by atoms with E-state index in [0.29, 0.717) is 12.2 Å². The summed E-state index contributed by atoms with van der Waals surface area (Å²) in [5.41, 5.74) is 0.319. The van der Waals surface area contributed by atoms with Crippen LogP contribution in [-0.4, -0.2) is 34.0 Å². The van der Waals surface area contributed by atoms with E-state index in [1.165, 1.54) is 12.1 Å². The highest BCUT2D eigenvalue weighted by Crippen LogP contribution is 2.29. The first-order chi connectivity index (χ1) is 8.63. The Balaban J connectivity index is 3.09. The van der Waals surface area contributed by atoms with Crippen LogP contribution < -0.4 is 10.1 Å². The van der Waals surface area contributed by atoms with E-state index in [-0.39, 0.29) is 10.6 Å². The van der Waals surface area contributed by atoms with Crippen molar-refractivity contribution in [3.05, 3.63) is 18.2 Å². The Labute approximate surface area is 109 Å². The minimum atomic E-state index is -4.48. The monoisotopic (exact) mass is 297 g/mol. The first-order valence-corrected chi connectivity index (χ1v) is 7.30. The summed E-state index contributed by atoms with van der Waals surface area (Å²) in [6.45, 7) is 0.761. The SMILES string of the molecule is CCNc1ccc(S(C)(=O)=O)cc1OCC(F)(F)F. The van der Waals surface area contributed by atoms with Gasteiger partial charge in [0.15, 0.2) is 16.4 Å². The summed E-state index contributed by atoms with van der Waals surface area (Å²) < 4.78 is 63.7. The average Bonchev–Trinajstić information content (AvgIpc) is 2.25. The zero-order valence-electron chi connectivity index (χ0n) is 10.4. The van der Waals surface area contributed by atoms with E-state index < -0.39 is 22.6 Å². The van der Waals surface area contributed by atoms with E-state index in [1.807, 2.05) is 0 Å². The molecule has 0 saturated carbocycles. The van der Waals surface area contributed by atoms with Crippen LogP contribution in [0.3, 0.4) is 0 Å². The van der Waals surface area contributed by atoms with Gasteiger partial charge in [-0.3, -0.25) is 0 Å². The molecule has 0 fully saturated rings. The quantitative estimate of drug-likeness (QED) is 0.907. The molecule has 1 rings (SSSR count). The van der Waals surface area contributed by atoms with Gasteiger partial charge in [-0.25, -0.2) is 8.42 Å². The zero-order valence-corrected chi connectivity index (χ0v) is 11.2. The van der Waals surface area contributed by atoms with Crippen molar-refractivity contribution in [1.82, 2.24) is 0 Å². The molecule has 0 saturated heterocycles. The van der Waals surface area contributed by atoms with Gasteiger partial charge in [-0.15, -0.1) is 0 Å². The van der Waals surface area contributed by atoms with Crippen LogP contribution in [0.4, 0.5) is 18.9 Å². The van der Waals surface area contributed by atoms with E-state index in [2.05, 4.69) is 10.1 Å². The van der Waals surface area contributed by atoms with Crippen LogP contribution in [0.5, 0.6) is 5.75 Å². The highest BCUT2D eigenvalue weighted by atomic mass is 32.2. The molecule has 0 bridgehead atoms. The van der Waals surface area contributed by atoms with Crippen LogP contribution >= 0.6 is 0 Å². The molecule has 19 heavy (non-hydrogen) atoms. The topological polar surface area (TPSA) is 55.4 Å². The third-order valence-corrected chi connectivity index (χ3v) is 3.25. The second-order valence-electron chi connectivity index (χ2n) is 3.86. The van der Waals surface area contributed by atoms with Crippen LogP contribution in [0.15, 0.2) is 23.1 Å². The fourth-order valence-electron chi connectivity index (χ4n) is 1.35. The van der Waals surface area contributed by atoms with Crippen molar-refractivity contribution in [2.75, 3.05) is 24.7 Å². The number of anilines is 1. The highest BCUT2D eigenvalue weighted by molar-refractivity contribution is 7.90. The maximum atomic E-state index is 12.1. The number of ether oxygens (including phenoxy) is 1. The third-order valence-electron chi connectivity index (χ3n) is 2.14. The van der Waals surface area contributed by atoms with E-state index in [9.17, 15) is 21.6 Å². The van der Waals surface area contributed by atoms with Gasteiger partial charge in [0.1, 0.15) is 5.75 Å². The molecule has 0 amide bonds. The predicted molar refractivity (Wildman–Crippen MR) is 65.3 cm³/mol. The van der Waals surface area contributed by atoms with Gasteiger partial charge in [0, 0.05) is 18.9 Å². The van der Waals surface area contributed by atoms with Crippen molar-refractivity contribution in [3.63, 3.8) is 0 Å². The molecule has 8 heteroatoms. The lowest BCUT2D eigenvalue weighted by Gasteiger charge is -2.14. The van der Waals surface area contributed by atoms with Crippen LogP contribution in [0.25, 0.3) is 0 Å². The van der Waals surface area contributed by atoms with Gasteiger partial charge >= 0.3 is 6.18 Å². The summed E-state index contributed by atoms with van der Waals surface area (Å²) in [6.07, 6.45) is -3.51. The number of benzene rings is 1. The Morgan fingerprint density at radius 1 is 1.32 bits per heavy atom. The van der Waals surface area contributed by atoms with Crippen molar-refractivity contribution in [2.45, 2.75) is 18.0 Å². The summed E-state index contributed by atoms with van der Waals surface area (Å²) in [5, 5.41) is 2.80. The van der Waals surface area contributed by atoms with Gasteiger partial charge in [-0.1, -0.05) is 0 Å². The van der Waals surface area contributed by atoms with Crippen molar-refractivity contribution in [3.8, 4) is 5.75 Å². The minimum absolute atomic E-state index is 0.0914. The summed E-state index contributed by atoms with van der Waals surface area (Å²) in [4.78, 5) is -0.0914. The second-order valence-corrected chi connectivity index (χ2v) is 5.88. The molecule has 0 atom stereocenters. The van der Waals surface area contributed by atoms with Crippen LogP contribution in [0, 0.1) is 0 Å². The number of alkyl halides is 3. The van der Waals surface area contributed by atoms with Crippen molar-refractivity contribution >= 4 is 15.5 Å². The molecule has 0 unspecified atom stereocenters. The maximum Gasteiger partial charge on any atom is 0.422 e. The molecule has 108 valence electrons. The van der Waals surface area contributed by atoms with E-state index in [1.54, 1.807) is 6.92 Å². The third kappa shape index (κ3) is 4.98. The van der Waals surface area contributed by atoms with Crippen LogP contribution in [-0.2, 0) is 9.84 Å². The normalized spacial score (nSPS) is 12.3. The Kier molecular flexibility index (Phi) is 4.67. The van der Waals surface area contributed by atoms with Gasteiger partial charge in [0.25, 0.3) is 0 Å². The fourth-order valence-corrected chi connectivity index (χ4v) is 1.99. The van der Waals surface area contributed by atoms with Crippen molar-refractivity contribution in [2.24, 2.45) is 0 Å². The molecule has 1 aromatic rings. The van der Waals surface area contributed by atoms with E-state index in [0.717, 1.165) is 12.3 Å². The zero-order chi connectivity index (χ0) is 14.7. The number of sulfone groups is 1. The Morgan fingerprint density at radius 2 is 1.95 bits per heavy atom.